The molecule has 0 saturated carbocycles. The van der Waals surface area contributed by atoms with Gasteiger partial charge < -0.3 is 14.2 Å². The molecular weight excluding hydrogens is 377 g/mol. The van der Waals surface area contributed by atoms with Gasteiger partial charge in [-0.15, -0.1) is 8.78 Å². The van der Waals surface area contributed by atoms with Gasteiger partial charge in [-0.2, -0.15) is 8.78 Å². The molecule has 0 aromatic heterocycles. The maximum absolute atomic E-state index is 13.4. The predicted octanol–water partition coefficient (Wildman–Crippen LogP) is 3.85. The number of ether oxygens (including phenoxy) is 3. The average molecular weight is 382 g/mol. The van der Waals surface area contributed by atoms with E-state index in [2.05, 4.69) is 14.2 Å². The van der Waals surface area contributed by atoms with Crippen LogP contribution in [0.2, 0.25) is 0 Å². The first-order valence-electron chi connectivity index (χ1n) is 6.70. The van der Waals surface area contributed by atoms with Gasteiger partial charge in [0.2, 0.25) is 34.8 Å². The van der Waals surface area contributed by atoms with Crippen LogP contribution in [0.5, 0.6) is 17.2 Å². The van der Waals surface area contributed by atoms with E-state index < -0.39 is 59.3 Å². The number of carbonyl (C=O) groups is 1. The molecule has 0 spiro atoms. The lowest BCUT2D eigenvalue weighted by Crippen LogP contribution is -2.25. The van der Waals surface area contributed by atoms with Gasteiger partial charge in [0, 0.05) is 0 Å². The maximum Gasteiger partial charge on any atom is 0.586 e. The quantitative estimate of drug-likeness (QED) is 0.266. The van der Waals surface area contributed by atoms with Gasteiger partial charge in [-0.3, -0.25) is 4.79 Å². The minimum Gasteiger partial charge on any atom is -0.420 e. The summed E-state index contributed by atoms with van der Waals surface area (Å²) in [5.41, 5.74) is -0.000998. The second-order valence-corrected chi connectivity index (χ2v) is 5.00. The summed E-state index contributed by atoms with van der Waals surface area (Å²) in [5.74, 6) is -15.5. The van der Waals surface area contributed by atoms with Gasteiger partial charge in [0.25, 0.3) is 0 Å². The van der Waals surface area contributed by atoms with Gasteiger partial charge >= 0.3 is 12.3 Å². The highest BCUT2D eigenvalue weighted by Gasteiger charge is 2.43. The highest BCUT2D eigenvalue weighted by atomic mass is 19.3. The SMILES string of the molecule is O=C(Cc1ccc2c(c1)OC(F)(F)O2)Oc1c(F)c(F)c(F)c(F)c1F. The Morgan fingerprint density at radius 3 is 2.04 bits per heavy atom. The van der Waals surface area contributed by atoms with E-state index in [1.807, 2.05) is 0 Å². The van der Waals surface area contributed by atoms with Crippen molar-refractivity contribution in [2.45, 2.75) is 12.7 Å². The molecule has 1 aliphatic heterocycles. The molecule has 0 atom stereocenters. The van der Waals surface area contributed by atoms with E-state index in [1.54, 1.807) is 0 Å². The first-order valence-corrected chi connectivity index (χ1v) is 6.70. The smallest absolute Gasteiger partial charge is 0.420 e. The molecule has 0 amide bonds. The number of hydrogen-bond donors (Lipinski definition) is 0. The Balaban J connectivity index is 1.79. The molecule has 1 aliphatic rings. The van der Waals surface area contributed by atoms with Crippen molar-refractivity contribution in [2.75, 3.05) is 0 Å². The molecule has 0 saturated heterocycles. The van der Waals surface area contributed by atoms with Crippen LogP contribution < -0.4 is 14.2 Å². The predicted molar refractivity (Wildman–Crippen MR) is 68.2 cm³/mol. The van der Waals surface area contributed by atoms with Gasteiger partial charge in [-0.05, 0) is 17.7 Å². The van der Waals surface area contributed by atoms with Crippen LogP contribution in [0.15, 0.2) is 18.2 Å². The zero-order valence-electron chi connectivity index (χ0n) is 12.2. The van der Waals surface area contributed by atoms with E-state index in [0.717, 1.165) is 18.2 Å². The number of esters is 1. The Labute approximate surface area is 139 Å². The van der Waals surface area contributed by atoms with E-state index in [1.165, 1.54) is 0 Å². The Morgan fingerprint density at radius 2 is 1.42 bits per heavy atom. The van der Waals surface area contributed by atoms with Gasteiger partial charge in [-0.25, -0.2) is 13.2 Å². The molecule has 0 aliphatic carbocycles. The van der Waals surface area contributed by atoms with E-state index in [9.17, 15) is 35.5 Å². The number of halogens is 7. The van der Waals surface area contributed by atoms with Crippen LogP contribution >= 0.6 is 0 Å². The Morgan fingerprint density at radius 1 is 0.885 bits per heavy atom. The molecule has 0 radical (unpaired) electrons. The van der Waals surface area contributed by atoms with Crippen LogP contribution in [0, 0.1) is 29.1 Å². The molecule has 1 heterocycles. The summed E-state index contributed by atoms with van der Waals surface area (Å²) >= 11 is 0. The number of benzene rings is 2. The zero-order valence-corrected chi connectivity index (χ0v) is 12.2. The third kappa shape index (κ3) is 3.11. The van der Waals surface area contributed by atoms with Crippen LogP contribution in [0.25, 0.3) is 0 Å². The van der Waals surface area contributed by atoms with Gasteiger partial charge in [0.15, 0.2) is 11.5 Å². The van der Waals surface area contributed by atoms with Crippen LogP contribution in [-0.4, -0.2) is 12.3 Å². The van der Waals surface area contributed by atoms with E-state index in [-0.39, 0.29) is 11.3 Å². The van der Waals surface area contributed by atoms with Crippen LogP contribution in [-0.2, 0) is 11.2 Å². The number of alkyl halides is 2. The molecule has 138 valence electrons. The fourth-order valence-electron chi connectivity index (χ4n) is 2.09. The molecule has 0 N–H and O–H groups in total. The number of carbonyl (C=O) groups excluding carboxylic acids is 1. The summed E-state index contributed by atoms with van der Waals surface area (Å²) in [4.78, 5) is 11.7. The topological polar surface area (TPSA) is 44.8 Å². The lowest BCUT2D eigenvalue weighted by Gasteiger charge is -2.09. The van der Waals surface area contributed by atoms with Crippen molar-refractivity contribution in [3.05, 3.63) is 52.8 Å². The Kier molecular flexibility index (Phi) is 4.17. The van der Waals surface area contributed by atoms with E-state index in [4.69, 9.17) is 0 Å². The minimum absolute atomic E-state index is 0.000998. The van der Waals surface area contributed by atoms with Crippen molar-refractivity contribution in [3.8, 4) is 17.2 Å². The molecule has 26 heavy (non-hydrogen) atoms. The van der Waals surface area contributed by atoms with Crippen molar-refractivity contribution >= 4 is 5.97 Å². The number of rotatable bonds is 3. The van der Waals surface area contributed by atoms with Gasteiger partial charge in [0.1, 0.15) is 0 Å². The summed E-state index contributed by atoms with van der Waals surface area (Å²) in [5, 5.41) is 0. The van der Waals surface area contributed by atoms with E-state index in [0.29, 0.717) is 0 Å². The zero-order chi connectivity index (χ0) is 19.2. The maximum atomic E-state index is 13.4. The fraction of sp³-hybridized carbons (Fsp3) is 0.133. The lowest BCUT2D eigenvalue weighted by atomic mass is 10.1. The highest BCUT2D eigenvalue weighted by Crippen LogP contribution is 2.41. The first-order chi connectivity index (χ1) is 12.1. The van der Waals surface area contributed by atoms with Crippen molar-refractivity contribution in [1.29, 1.82) is 0 Å². The standard InChI is InChI=1S/C15H5F7O4/c16-9-10(17)12(19)14(13(20)11(9)18)24-8(23)4-5-1-2-6-7(3-5)26-15(21,22)25-6/h1-3H,4H2. The van der Waals surface area contributed by atoms with Crippen molar-refractivity contribution < 1.29 is 49.7 Å². The van der Waals surface area contributed by atoms with E-state index >= 15 is 0 Å². The highest BCUT2D eigenvalue weighted by molar-refractivity contribution is 5.75. The summed E-state index contributed by atoms with van der Waals surface area (Å²) in [6, 6.07) is 3.15. The molecule has 2 aromatic rings. The summed E-state index contributed by atoms with van der Waals surface area (Å²) in [6.45, 7) is 0. The second-order valence-electron chi connectivity index (χ2n) is 5.00. The molecule has 4 nitrogen and oxygen atoms in total. The fourth-order valence-corrected chi connectivity index (χ4v) is 2.09. The Bertz CT molecular complexity index is 884. The van der Waals surface area contributed by atoms with Crippen molar-refractivity contribution in [1.82, 2.24) is 0 Å². The molecule has 0 unspecified atom stereocenters. The van der Waals surface area contributed by atoms with Crippen molar-refractivity contribution in [3.63, 3.8) is 0 Å². The van der Waals surface area contributed by atoms with Crippen LogP contribution in [0.1, 0.15) is 5.56 Å². The van der Waals surface area contributed by atoms with Gasteiger partial charge in [-0.1, -0.05) is 6.07 Å². The average Bonchev–Trinajstić information content (AvgIpc) is 2.88. The molecular formula is C15H5F7O4. The Hall–Kier alpha value is -2.98. The largest absolute Gasteiger partial charge is 0.586 e. The third-order valence-electron chi connectivity index (χ3n) is 3.20. The number of hydrogen-bond acceptors (Lipinski definition) is 4. The summed E-state index contributed by atoms with van der Waals surface area (Å²) in [6.07, 6.45) is -4.63. The lowest BCUT2D eigenvalue weighted by molar-refractivity contribution is -0.286. The summed E-state index contributed by atoms with van der Waals surface area (Å²) in [7, 11) is 0. The monoisotopic (exact) mass is 382 g/mol. The molecule has 11 heteroatoms. The normalized spacial score (nSPS) is 14.4. The molecule has 0 bridgehead atoms. The van der Waals surface area contributed by atoms with Crippen molar-refractivity contribution in [2.24, 2.45) is 0 Å². The first kappa shape index (κ1) is 17.8. The van der Waals surface area contributed by atoms with Crippen LogP contribution in [0.4, 0.5) is 30.7 Å². The minimum atomic E-state index is -3.89. The van der Waals surface area contributed by atoms with Gasteiger partial charge in [0.05, 0.1) is 6.42 Å². The molecule has 2 aromatic carbocycles. The molecule has 3 rings (SSSR count). The third-order valence-corrected chi connectivity index (χ3v) is 3.20. The van der Waals surface area contributed by atoms with Crippen LogP contribution in [0.3, 0.4) is 0 Å². The second kappa shape index (κ2) is 6.07. The summed E-state index contributed by atoms with van der Waals surface area (Å²) < 4.78 is 104. The molecule has 0 fully saturated rings. The number of fused-ring (bicyclic) bond motifs is 1.